The second-order valence-electron chi connectivity index (χ2n) is 5.82. The van der Waals surface area contributed by atoms with Crippen LogP contribution in [0.2, 0.25) is 5.02 Å². The number of nitrogens with zero attached hydrogens (tertiary/aromatic N) is 1. The molecule has 0 radical (unpaired) electrons. The fourth-order valence-corrected chi connectivity index (χ4v) is 3.44. The number of anilines is 1. The first-order valence-corrected chi connectivity index (χ1v) is 9.59. The van der Waals surface area contributed by atoms with E-state index in [1.54, 1.807) is 31.4 Å². The Balaban J connectivity index is 1.42. The molecule has 0 bridgehead atoms. The van der Waals surface area contributed by atoms with E-state index in [4.69, 9.17) is 25.5 Å². The van der Waals surface area contributed by atoms with Crippen LogP contribution in [-0.4, -0.2) is 24.6 Å². The van der Waals surface area contributed by atoms with Crippen LogP contribution >= 0.6 is 22.9 Å². The van der Waals surface area contributed by atoms with Gasteiger partial charge in [-0.05, 0) is 36.4 Å². The van der Waals surface area contributed by atoms with Gasteiger partial charge in [-0.15, -0.1) is 11.3 Å². The van der Waals surface area contributed by atoms with Gasteiger partial charge < -0.3 is 13.9 Å². The van der Waals surface area contributed by atoms with Crippen molar-refractivity contribution >= 4 is 44.9 Å². The number of ether oxygens (including phenoxy) is 2. The Kier molecular flexibility index (Phi) is 5.18. The minimum atomic E-state index is -0.304. The molecular weight excluding hydrogens is 400 g/mol. The molecule has 4 rings (SSSR count). The summed E-state index contributed by atoms with van der Waals surface area (Å²) in [5.74, 6) is 1.53. The fourth-order valence-electron chi connectivity index (χ4n) is 2.60. The summed E-state index contributed by atoms with van der Waals surface area (Å²) in [6, 6.07) is 14.4. The number of rotatable bonds is 6. The van der Waals surface area contributed by atoms with Crippen LogP contribution < -0.4 is 14.8 Å². The number of nitrogens with one attached hydrogen (secondary N) is 1. The molecule has 2 heterocycles. The summed E-state index contributed by atoms with van der Waals surface area (Å²) >= 11 is 7.13. The molecule has 0 aliphatic carbocycles. The molecular formula is C20H15ClN2O4S. The minimum Gasteiger partial charge on any atom is -0.493 e. The second kappa shape index (κ2) is 7.92. The molecule has 2 aromatic heterocycles. The number of benzene rings is 2. The third-order valence-electron chi connectivity index (χ3n) is 3.91. The maximum absolute atomic E-state index is 12.1. The fraction of sp³-hybridized carbons (Fsp3) is 0.100. The van der Waals surface area contributed by atoms with Crippen LogP contribution in [0.15, 0.2) is 58.3 Å². The summed E-state index contributed by atoms with van der Waals surface area (Å²) in [7, 11) is 1.60. The molecule has 0 saturated carbocycles. The highest BCUT2D eigenvalue weighted by Crippen LogP contribution is 2.34. The Labute approximate surface area is 169 Å². The Bertz CT molecular complexity index is 1120. The first-order chi connectivity index (χ1) is 13.6. The molecule has 1 amide bonds. The molecule has 0 fully saturated rings. The van der Waals surface area contributed by atoms with Gasteiger partial charge in [0.25, 0.3) is 5.91 Å². The summed E-state index contributed by atoms with van der Waals surface area (Å²) in [6.07, 6.45) is 0. The van der Waals surface area contributed by atoms with Crippen LogP contribution in [0.5, 0.6) is 11.5 Å². The van der Waals surface area contributed by atoms with Crippen LogP contribution in [0.3, 0.4) is 0 Å². The molecule has 142 valence electrons. The van der Waals surface area contributed by atoms with E-state index in [2.05, 4.69) is 10.3 Å². The number of para-hydroxylation sites is 1. The van der Waals surface area contributed by atoms with Crippen molar-refractivity contribution in [1.82, 2.24) is 4.98 Å². The lowest BCUT2D eigenvalue weighted by atomic mass is 10.2. The third-order valence-corrected chi connectivity index (χ3v) is 4.92. The number of methoxy groups -OCH3 is 1. The number of aromatic nitrogens is 1. The largest absolute Gasteiger partial charge is 0.493 e. The number of carbonyl (C=O) groups is 1. The van der Waals surface area contributed by atoms with E-state index in [1.165, 1.54) is 11.3 Å². The quantitative estimate of drug-likeness (QED) is 0.467. The van der Waals surface area contributed by atoms with Crippen molar-refractivity contribution < 1.29 is 18.7 Å². The summed E-state index contributed by atoms with van der Waals surface area (Å²) < 4.78 is 16.6. The molecule has 28 heavy (non-hydrogen) atoms. The van der Waals surface area contributed by atoms with E-state index >= 15 is 0 Å². The van der Waals surface area contributed by atoms with Crippen LogP contribution in [0, 0.1) is 0 Å². The Morgan fingerprint density at radius 1 is 1.25 bits per heavy atom. The van der Waals surface area contributed by atoms with Crippen molar-refractivity contribution in [3.05, 3.63) is 58.9 Å². The van der Waals surface area contributed by atoms with Crippen molar-refractivity contribution in [3.8, 4) is 23.0 Å². The Morgan fingerprint density at radius 2 is 2.07 bits per heavy atom. The van der Waals surface area contributed by atoms with Gasteiger partial charge in [0.05, 0.1) is 7.11 Å². The van der Waals surface area contributed by atoms with Gasteiger partial charge in [-0.1, -0.05) is 23.7 Å². The smallest absolute Gasteiger partial charge is 0.264 e. The highest BCUT2D eigenvalue weighted by Gasteiger charge is 2.14. The number of furan rings is 1. The standard InChI is InChI=1S/C20H15ClN2O4S/c1-25-16-4-2-3-12-9-17(27-19(12)16)15-11-28-20(22-15)23-18(24)10-26-14-7-5-13(21)6-8-14/h2-9,11H,10H2,1H3,(H,22,23,24). The Hall–Kier alpha value is -3.03. The van der Waals surface area contributed by atoms with E-state index in [-0.39, 0.29) is 12.5 Å². The first-order valence-electron chi connectivity index (χ1n) is 8.33. The highest BCUT2D eigenvalue weighted by atomic mass is 35.5. The third kappa shape index (κ3) is 3.95. The Morgan fingerprint density at radius 3 is 2.86 bits per heavy atom. The number of halogens is 1. The van der Waals surface area contributed by atoms with Crippen molar-refractivity contribution in [1.29, 1.82) is 0 Å². The van der Waals surface area contributed by atoms with E-state index < -0.39 is 0 Å². The number of hydrogen-bond acceptors (Lipinski definition) is 6. The SMILES string of the molecule is COc1cccc2cc(-c3csc(NC(=O)COc4ccc(Cl)cc4)n3)oc12. The number of thiazole rings is 1. The van der Waals surface area contributed by atoms with Crippen LogP contribution in [-0.2, 0) is 4.79 Å². The maximum Gasteiger partial charge on any atom is 0.264 e. The summed E-state index contributed by atoms with van der Waals surface area (Å²) in [6.45, 7) is -0.127. The van der Waals surface area contributed by atoms with Gasteiger partial charge in [0, 0.05) is 15.8 Å². The predicted molar refractivity (Wildman–Crippen MR) is 109 cm³/mol. The molecule has 1 N–H and O–H groups in total. The summed E-state index contributed by atoms with van der Waals surface area (Å²) in [5.41, 5.74) is 1.30. The van der Waals surface area contributed by atoms with E-state index in [0.29, 0.717) is 38.7 Å². The normalized spacial score (nSPS) is 10.8. The van der Waals surface area contributed by atoms with Crippen molar-refractivity contribution in [3.63, 3.8) is 0 Å². The van der Waals surface area contributed by atoms with Crippen molar-refractivity contribution in [2.75, 3.05) is 19.0 Å². The molecule has 0 atom stereocenters. The monoisotopic (exact) mass is 414 g/mol. The zero-order valence-corrected chi connectivity index (χ0v) is 16.3. The first kappa shape index (κ1) is 18.3. The van der Waals surface area contributed by atoms with Crippen molar-refractivity contribution in [2.45, 2.75) is 0 Å². The molecule has 0 saturated heterocycles. The molecule has 0 aliphatic rings. The molecule has 4 aromatic rings. The average molecular weight is 415 g/mol. The predicted octanol–water partition coefficient (Wildman–Crippen LogP) is 5.24. The lowest BCUT2D eigenvalue weighted by Crippen LogP contribution is -2.20. The summed E-state index contributed by atoms with van der Waals surface area (Å²) in [5, 5.41) is 6.53. The van der Waals surface area contributed by atoms with Crippen molar-refractivity contribution in [2.24, 2.45) is 0 Å². The van der Waals surface area contributed by atoms with E-state index in [0.717, 1.165) is 5.39 Å². The second-order valence-corrected chi connectivity index (χ2v) is 7.11. The molecule has 0 spiro atoms. The average Bonchev–Trinajstić information content (AvgIpc) is 3.34. The van der Waals surface area contributed by atoms with Crippen LogP contribution in [0.4, 0.5) is 5.13 Å². The molecule has 2 aromatic carbocycles. The highest BCUT2D eigenvalue weighted by molar-refractivity contribution is 7.14. The van der Waals surface area contributed by atoms with Gasteiger partial charge in [0.2, 0.25) is 0 Å². The molecule has 0 aliphatic heterocycles. The van der Waals surface area contributed by atoms with E-state index in [1.807, 2.05) is 29.6 Å². The van der Waals surface area contributed by atoms with Gasteiger partial charge in [0.15, 0.2) is 28.8 Å². The van der Waals surface area contributed by atoms with Gasteiger partial charge in [-0.25, -0.2) is 4.98 Å². The lowest BCUT2D eigenvalue weighted by Gasteiger charge is -2.05. The maximum atomic E-state index is 12.1. The molecule has 6 nitrogen and oxygen atoms in total. The number of fused-ring (bicyclic) bond motifs is 1. The number of amides is 1. The van der Waals surface area contributed by atoms with Gasteiger partial charge >= 0.3 is 0 Å². The minimum absolute atomic E-state index is 0.127. The van der Waals surface area contributed by atoms with Crippen LogP contribution in [0.25, 0.3) is 22.4 Å². The summed E-state index contributed by atoms with van der Waals surface area (Å²) in [4.78, 5) is 16.5. The van der Waals surface area contributed by atoms with E-state index in [9.17, 15) is 4.79 Å². The molecule has 8 heteroatoms. The van der Waals surface area contributed by atoms with Gasteiger partial charge in [-0.2, -0.15) is 0 Å². The zero-order valence-electron chi connectivity index (χ0n) is 14.8. The van der Waals surface area contributed by atoms with Crippen LogP contribution in [0.1, 0.15) is 0 Å². The number of hydrogen-bond donors (Lipinski definition) is 1. The number of carbonyl (C=O) groups excluding carboxylic acids is 1. The van der Waals surface area contributed by atoms with Gasteiger partial charge in [-0.3, -0.25) is 10.1 Å². The zero-order chi connectivity index (χ0) is 19.5. The van der Waals surface area contributed by atoms with Gasteiger partial charge in [0.1, 0.15) is 11.4 Å². The lowest BCUT2D eigenvalue weighted by molar-refractivity contribution is -0.118. The topological polar surface area (TPSA) is 73.6 Å². The molecule has 0 unspecified atom stereocenters.